The van der Waals surface area contributed by atoms with E-state index in [0.717, 1.165) is 5.56 Å². The lowest BCUT2D eigenvalue weighted by Crippen LogP contribution is -2.27. The van der Waals surface area contributed by atoms with Crippen LogP contribution < -0.4 is 10.1 Å². The molecule has 0 saturated heterocycles. The topological polar surface area (TPSA) is 60.5 Å². The highest BCUT2D eigenvalue weighted by Gasteiger charge is 2.12. The number of nitrogens with zero attached hydrogens (tertiary/aromatic N) is 1. The molecule has 1 aromatic rings. The van der Waals surface area contributed by atoms with Crippen molar-refractivity contribution in [3.05, 3.63) is 23.9 Å². The summed E-state index contributed by atoms with van der Waals surface area (Å²) < 4.78 is 9.91. The predicted octanol–water partition coefficient (Wildman–Crippen LogP) is 1.38. The maximum Gasteiger partial charge on any atom is 0.309 e. The molecule has 0 spiro atoms. The van der Waals surface area contributed by atoms with Crippen LogP contribution >= 0.6 is 0 Å². The summed E-state index contributed by atoms with van der Waals surface area (Å²) in [6.07, 6.45) is 1.75. The summed E-state index contributed by atoms with van der Waals surface area (Å²) in [5, 5.41) is 3.20. The van der Waals surface area contributed by atoms with Gasteiger partial charge in [0.2, 0.25) is 5.88 Å². The maximum absolute atomic E-state index is 11.4. The maximum atomic E-state index is 11.4. The summed E-state index contributed by atoms with van der Waals surface area (Å²) in [5.41, 5.74) is 1.05. The second-order valence-electron chi connectivity index (χ2n) is 3.99. The number of carbonyl (C=O) groups is 1. The van der Waals surface area contributed by atoms with Crippen molar-refractivity contribution in [1.29, 1.82) is 0 Å². The summed E-state index contributed by atoms with van der Waals surface area (Å²) in [5.74, 6) is 0.285. The fourth-order valence-electron chi connectivity index (χ4n) is 1.44. The number of esters is 1. The SMILES string of the molecule is CCOC(=O)C(C)CNCc1ccc(OC)nc1. The van der Waals surface area contributed by atoms with E-state index >= 15 is 0 Å². The molecular formula is C13H20N2O3. The van der Waals surface area contributed by atoms with Crippen LogP contribution in [-0.2, 0) is 16.1 Å². The summed E-state index contributed by atoms with van der Waals surface area (Å²) >= 11 is 0. The Hall–Kier alpha value is -1.62. The van der Waals surface area contributed by atoms with E-state index < -0.39 is 0 Å². The summed E-state index contributed by atoms with van der Waals surface area (Å²) in [4.78, 5) is 15.5. The van der Waals surface area contributed by atoms with E-state index in [-0.39, 0.29) is 11.9 Å². The van der Waals surface area contributed by atoms with Gasteiger partial charge >= 0.3 is 5.97 Å². The minimum absolute atomic E-state index is 0.142. The molecule has 0 aliphatic heterocycles. The molecule has 5 heteroatoms. The predicted molar refractivity (Wildman–Crippen MR) is 68.3 cm³/mol. The molecule has 0 amide bonds. The molecule has 1 heterocycles. The van der Waals surface area contributed by atoms with E-state index in [4.69, 9.17) is 9.47 Å². The minimum atomic E-state index is -0.169. The van der Waals surface area contributed by atoms with Gasteiger partial charge in [-0.15, -0.1) is 0 Å². The monoisotopic (exact) mass is 252 g/mol. The smallest absolute Gasteiger partial charge is 0.309 e. The van der Waals surface area contributed by atoms with Crippen LogP contribution in [-0.4, -0.2) is 31.2 Å². The second kappa shape index (κ2) is 7.66. The van der Waals surface area contributed by atoms with Gasteiger partial charge in [0, 0.05) is 25.4 Å². The summed E-state index contributed by atoms with van der Waals surface area (Å²) in [6, 6.07) is 3.75. The van der Waals surface area contributed by atoms with Crippen LogP contribution in [0.2, 0.25) is 0 Å². The average Bonchev–Trinajstić information content (AvgIpc) is 2.39. The van der Waals surface area contributed by atoms with Crippen LogP contribution in [0, 0.1) is 5.92 Å². The van der Waals surface area contributed by atoms with E-state index in [2.05, 4.69) is 10.3 Å². The third kappa shape index (κ3) is 4.71. The summed E-state index contributed by atoms with van der Waals surface area (Å²) in [7, 11) is 1.58. The number of hydrogen-bond acceptors (Lipinski definition) is 5. The minimum Gasteiger partial charge on any atom is -0.481 e. The van der Waals surface area contributed by atoms with E-state index in [1.165, 1.54) is 0 Å². The van der Waals surface area contributed by atoms with Crippen molar-refractivity contribution in [2.75, 3.05) is 20.3 Å². The van der Waals surface area contributed by atoms with E-state index in [1.54, 1.807) is 20.2 Å². The molecule has 1 aromatic heterocycles. The molecule has 1 atom stereocenters. The zero-order valence-electron chi connectivity index (χ0n) is 11.1. The average molecular weight is 252 g/mol. The molecule has 5 nitrogen and oxygen atoms in total. The van der Waals surface area contributed by atoms with Gasteiger partial charge in [0.05, 0.1) is 19.6 Å². The van der Waals surface area contributed by atoms with Gasteiger partial charge in [-0.1, -0.05) is 13.0 Å². The van der Waals surface area contributed by atoms with Crippen LogP contribution in [0.4, 0.5) is 0 Å². The molecule has 0 aromatic carbocycles. The lowest BCUT2D eigenvalue weighted by atomic mass is 10.2. The highest BCUT2D eigenvalue weighted by atomic mass is 16.5. The Labute approximate surface area is 108 Å². The molecule has 1 rings (SSSR count). The normalized spacial score (nSPS) is 11.9. The molecule has 1 unspecified atom stereocenters. The Morgan fingerprint density at radius 1 is 1.50 bits per heavy atom. The number of nitrogens with one attached hydrogen (secondary N) is 1. The summed E-state index contributed by atoms with van der Waals surface area (Å²) in [6.45, 7) is 5.33. The first kappa shape index (κ1) is 14.4. The Morgan fingerprint density at radius 3 is 2.83 bits per heavy atom. The number of methoxy groups -OCH3 is 1. The van der Waals surface area contributed by atoms with Crippen LogP contribution in [0.15, 0.2) is 18.3 Å². The largest absolute Gasteiger partial charge is 0.481 e. The molecule has 100 valence electrons. The number of carbonyl (C=O) groups excluding carboxylic acids is 1. The number of ether oxygens (including phenoxy) is 2. The van der Waals surface area contributed by atoms with Crippen molar-refractivity contribution in [1.82, 2.24) is 10.3 Å². The molecule has 0 fully saturated rings. The van der Waals surface area contributed by atoms with Gasteiger partial charge in [0.25, 0.3) is 0 Å². The van der Waals surface area contributed by atoms with Gasteiger partial charge in [0.15, 0.2) is 0 Å². The molecule has 18 heavy (non-hydrogen) atoms. The Kier molecular flexibility index (Phi) is 6.14. The van der Waals surface area contributed by atoms with E-state index in [0.29, 0.717) is 25.6 Å². The first-order valence-corrected chi connectivity index (χ1v) is 6.03. The van der Waals surface area contributed by atoms with Crippen molar-refractivity contribution >= 4 is 5.97 Å². The third-order valence-corrected chi connectivity index (χ3v) is 2.48. The number of pyridine rings is 1. The molecule has 0 radical (unpaired) electrons. The first-order chi connectivity index (χ1) is 8.67. The van der Waals surface area contributed by atoms with Gasteiger partial charge in [-0.25, -0.2) is 4.98 Å². The standard InChI is InChI=1S/C13H20N2O3/c1-4-18-13(16)10(2)7-14-8-11-5-6-12(17-3)15-9-11/h5-6,9-10,14H,4,7-8H2,1-3H3. The van der Waals surface area contributed by atoms with Crippen LogP contribution in [0.5, 0.6) is 5.88 Å². The Bertz CT molecular complexity index is 365. The molecule has 0 bridgehead atoms. The van der Waals surface area contributed by atoms with Crippen molar-refractivity contribution in [2.45, 2.75) is 20.4 Å². The van der Waals surface area contributed by atoms with Gasteiger partial charge in [0.1, 0.15) is 0 Å². The van der Waals surface area contributed by atoms with Crippen molar-refractivity contribution < 1.29 is 14.3 Å². The van der Waals surface area contributed by atoms with E-state index in [1.807, 2.05) is 19.1 Å². The highest BCUT2D eigenvalue weighted by Crippen LogP contribution is 2.06. The zero-order chi connectivity index (χ0) is 13.4. The van der Waals surface area contributed by atoms with Crippen molar-refractivity contribution in [3.8, 4) is 5.88 Å². The quantitative estimate of drug-likeness (QED) is 0.743. The number of aromatic nitrogens is 1. The molecular weight excluding hydrogens is 232 g/mol. The van der Waals surface area contributed by atoms with Crippen LogP contribution in [0.3, 0.4) is 0 Å². The second-order valence-corrected chi connectivity index (χ2v) is 3.99. The molecule has 1 N–H and O–H groups in total. The van der Waals surface area contributed by atoms with Crippen LogP contribution in [0.1, 0.15) is 19.4 Å². The molecule has 0 aliphatic carbocycles. The fraction of sp³-hybridized carbons (Fsp3) is 0.538. The van der Waals surface area contributed by atoms with Gasteiger partial charge in [-0.05, 0) is 12.5 Å². The zero-order valence-corrected chi connectivity index (χ0v) is 11.1. The number of hydrogen-bond donors (Lipinski definition) is 1. The van der Waals surface area contributed by atoms with E-state index in [9.17, 15) is 4.79 Å². The van der Waals surface area contributed by atoms with Gasteiger partial charge in [-0.2, -0.15) is 0 Å². The fourth-order valence-corrected chi connectivity index (χ4v) is 1.44. The molecule has 0 aliphatic rings. The lowest BCUT2D eigenvalue weighted by Gasteiger charge is -2.11. The number of rotatable bonds is 7. The Balaban J connectivity index is 2.30. The highest BCUT2D eigenvalue weighted by molar-refractivity contribution is 5.72. The first-order valence-electron chi connectivity index (χ1n) is 6.03. The van der Waals surface area contributed by atoms with Crippen molar-refractivity contribution in [3.63, 3.8) is 0 Å². The third-order valence-electron chi connectivity index (χ3n) is 2.48. The van der Waals surface area contributed by atoms with Crippen LogP contribution in [0.25, 0.3) is 0 Å². The van der Waals surface area contributed by atoms with Crippen molar-refractivity contribution in [2.24, 2.45) is 5.92 Å². The molecule has 0 saturated carbocycles. The lowest BCUT2D eigenvalue weighted by molar-refractivity contribution is -0.147. The van der Waals surface area contributed by atoms with Gasteiger partial charge < -0.3 is 14.8 Å². The Morgan fingerprint density at radius 2 is 2.28 bits per heavy atom. The van der Waals surface area contributed by atoms with Gasteiger partial charge in [-0.3, -0.25) is 4.79 Å².